The maximum absolute atomic E-state index is 14.0. The number of benzene rings is 1. The summed E-state index contributed by atoms with van der Waals surface area (Å²) in [6.45, 7) is 2.82. The molecule has 1 amide bonds. The fourth-order valence-corrected chi connectivity index (χ4v) is 7.67. The number of ether oxygens (including phenoxy) is 1. The molecule has 3 aliphatic carbocycles. The third-order valence-corrected chi connectivity index (χ3v) is 10.5. The molecule has 0 atom stereocenters. The Labute approximate surface area is 241 Å². The highest BCUT2D eigenvalue weighted by Crippen LogP contribution is 2.44. The van der Waals surface area contributed by atoms with E-state index in [9.17, 15) is 9.90 Å². The average Bonchev–Trinajstić information content (AvgIpc) is 3.72. The van der Waals surface area contributed by atoms with Crippen molar-refractivity contribution in [2.75, 3.05) is 18.6 Å². The normalized spacial score (nSPS) is 25.0. The lowest BCUT2D eigenvalue weighted by atomic mass is 9.78. The quantitative estimate of drug-likeness (QED) is 0.314. The second-order valence-electron chi connectivity index (χ2n) is 12.1. The summed E-state index contributed by atoms with van der Waals surface area (Å²) in [5.74, 6) is 3.46. The highest BCUT2D eigenvalue weighted by molar-refractivity contribution is 7.15. The molecule has 0 bridgehead atoms. The zero-order chi connectivity index (χ0) is 27.6. The summed E-state index contributed by atoms with van der Waals surface area (Å²) >= 11 is 1.77. The fourth-order valence-electron chi connectivity index (χ4n) is 6.59. The maximum atomic E-state index is 14.0. The number of amides is 1. The van der Waals surface area contributed by atoms with E-state index in [4.69, 9.17) is 9.72 Å². The maximum Gasteiger partial charge on any atom is 0.231 e. The first-order chi connectivity index (χ1) is 19.5. The van der Waals surface area contributed by atoms with Crippen LogP contribution < -0.4 is 9.64 Å². The van der Waals surface area contributed by atoms with Crippen LogP contribution in [0, 0.1) is 18.8 Å². The van der Waals surface area contributed by atoms with Gasteiger partial charge in [0.25, 0.3) is 0 Å². The van der Waals surface area contributed by atoms with Crippen LogP contribution in [-0.4, -0.2) is 40.7 Å². The molecule has 3 saturated carbocycles. The van der Waals surface area contributed by atoms with Crippen molar-refractivity contribution >= 4 is 23.1 Å². The first-order valence-electron chi connectivity index (χ1n) is 15.0. The van der Waals surface area contributed by atoms with Crippen LogP contribution in [-0.2, 0) is 4.79 Å². The van der Waals surface area contributed by atoms with Crippen LogP contribution in [0.2, 0.25) is 0 Å². The van der Waals surface area contributed by atoms with Gasteiger partial charge in [0.2, 0.25) is 5.91 Å². The van der Waals surface area contributed by atoms with Crippen molar-refractivity contribution in [1.29, 1.82) is 0 Å². The van der Waals surface area contributed by atoms with Crippen molar-refractivity contribution in [3.63, 3.8) is 0 Å². The minimum absolute atomic E-state index is 0.0441. The molecule has 3 aromatic rings. The number of pyridine rings is 1. The Kier molecular flexibility index (Phi) is 8.22. The second kappa shape index (κ2) is 12.0. The molecule has 6 nitrogen and oxygen atoms in total. The molecule has 3 aliphatic rings. The highest BCUT2D eigenvalue weighted by atomic mass is 32.1. The van der Waals surface area contributed by atoms with Crippen LogP contribution >= 0.6 is 11.3 Å². The van der Waals surface area contributed by atoms with Gasteiger partial charge in [-0.3, -0.25) is 9.69 Å². The van der Waals surface area contributed by atoms with Gasteiger partial charge in [-0.25, -0.2) is 9.97 Å². The van der Waals surface area contributed by atoms with Gasteiger partial charge in [0.05, 0.1) is 23.1 Å². The number of nitrogens with zero attached hydrogens (tertiary/aromatic N) is 3. The molecule has 2 aromatic heterocycles. The lowest BCUT2D eigenvalue weighted by Gasteiger charge is -2.35. The van der Waals surface area contributed by atoms with Gasteiger partial charge < -0.3 is 9.84 Å². The van der Waals surface area contributed by atoms with E-state index < -0.39 is 0 Å². The van der Waals surface area contributed by atoms with Crippen LogP contribution in [0.25, 0.3) is 10.4 Å². The molecular formula is C33H41N3O3S. The Hall–Kier alpha value is -2.77. The molecule has 0 aliphatic heterocycles. The van der Waals surface area contributed by atoms with Crippen molar-refractivity contribution in [1.82, 2.24) is 9.97 Å². The number of hydrogen-bond acceptors (Lipinski definition) is 6. The van der Waals surface area contributed by atoms with E-state index >= 15 is 0 Å². The molecule has 0 radical (unpaired) electrons. The number of rotatable bonds is 8. The zero-order valence-electron chi connectivity index (χ0n) is 23.7. The number of aromatic nitrogens is 2. The monoisotopic (exact) mass is 559 g/mol. The Morgan fingerprint density at radius 2 is 1.73 bits per heavy atom. The van der Waals surface area contributed by atoms with E-state index in [-0.39, 0.29) is 17.9 Å². The van der Waals surface area contributed by atoms with E-state index in [0.29, 0.717) is 37.1 Å². The lowest BCUT2D eigenvalue weighted by molar-refractivity contribution is -0.124. The smallest absolute Gasteiger partial charge is 0.231 e. The standard InChI is InChI=1S/C33H41N3O3S/c1-21-17-26(11-14-29(21)39-2)23-5-3-22(4-6-23)20-36(33(38)25-9-12-28(37)13-10-25)31-18-27(15-16-34-31)30-19-35-32(40-30)24-7-8-24/h11,14-19,22-25,28,37H,3-10,12-13,20H2,1-2H3. The number of thiazole rings is 1. The van der Waals surface area contributed by atoms with Crippen LogP contribution in [0.4, 0.5) is 5.82 Å². The van der Waals surface area contributed by atoms with Crippen LogP contribution in [0.1, 0.15) is 92.2 Å². The molecule has 1 aromatic carbocycles. The van der Waals surface area contributed by atoms with Gasteiger partial charge >= 0.3 is 0 Å². The number of methoxy groups -OCH3 is 1. The van der Waals surface area contributed by atoms with Gasteiger partial charge in [0.15, 0.2) is 0 Å². The molecule has 0 unspecified atom stereocenters. The Bertz CT molecular complexity index is 1320. The molecule has 6 rings (SSSR count). The molecule has 1 N–H and O–H groups in total. The Morgan fingerprint density at radius 3 is 2.42 bits per heavy atom. The van der Waals surface area contributed by atoms with Gasteiger partial charge in [0.1, 0.15) is 11.6 Å². The minimum atomic E-state index is -0.275. The molecule has 0 spiro atoms. The first-order valence-corrected chi connectivity index (χ1v) is 15.9. The van der Waals surface area contributed by atoms with Crippen molar-refractivity contribution in [3.8, 4) is 16.2 Å². The average molecular weight is 560 g/mol. The number of anilines is 1. The predicted octanol–water partition coefficient (Wildman–Crippen LogP) is 7.26. The van der Waals surface area contributed by atoms with Gasteiger partial charge in [-0.1, -0.05) is 12.1 Å². The van der Waals surface area contributed by atoms with Crippen LogP contribution in [0.3, 0.4) is 0 Å². The van der Waals surface area contributed by atoms with E-state index in [2.05, 4.69) is 36.2 Å². The van der Waals surface area contributed by atoms with Gasteiger partial charge in [-0.05, 0) is 118 Å². The van der Waals surface area contributed by atoms with Gasteiger partial charge in [-0.2, -0.15) is 0 Å². The first kappa shape index (κ1) is 27.4. The lowest BCUT2D eigenvalue weighted by Crippen LogP contribution is -2.42. The zero-order valence-corrected chi connectivity index (χ0v) is 24.5. The molecular weight excluding hydrogens is 518 g/mol. The summed E-state index contributed by atoms with van der Waals surface area (Å²) < 4.78 is 5.46. The predicted molar refractivity (Wildman–Crippen MR) is 160 cm³/mol. The summed E-state index contributed by atoms with van der Waals surface area (Å²) in [6, 6.07) is 10.7. The van der Waals surface area contributed by atoms with Crippen molar-refractivity contribution in [2.24, 2.45) is 11.8 Å². The molecule has 212 valence electrons. The number of carbonyl (C=O) groups is 1. The Balaban J connectivity index is 1.19. The van der Waals surface area contributed by atoms with E-state index in [1.165, 1.54) is 29.0 Å². The summed E-state index contributed by atoms with van der Waals surface area (Å²) in [7, 11) is 1.73. The summed E-state index contributed by atoms with van der Waals surface area (Å²) in [6.07, 6.45) is 13.4. The van der Waals surface area contributed by atoms with Crippen molar-refractivity contribution < 1.29 is 14.6 Å². The molecule has 40 heavy (non-hydrogen) atoms. The summed E-state index contributed by atoms with van der Waals surface area (Å²) in [5, 5.41) is 11.3. The third kappa shape index (κ3) is 6.10. The molecule has 3 fully saturated rings. The van der Waals surface area contributed by atoms with Gasteiger partial charge in [0, 0.05) is 30.8 Å². The molecule has 2 heterocycles. The molecule has 0 saturated heterocycles. The number of aliphatic hydroxyl groups excluding tert-OH is 1. The van der Waals surface area contributed by atoms with Crippen molar-refractivity contribution in [3.05, 3.63) is 58.9 Å². The second-order valence-corrected chi connectivity index (χ2v) is 13.2. The minimum Gasteiger partial charge on any atom is -0.496 e. The number of aryl methyl sites for hydroxylation is 1. The van der Waals surface area contributed by atoms with Crippen LogP contribution in [0.15, 0.2) is 42.7 Å². The van der Waals surface area contributed by atoms with E-state index in [1.54, 1.807) is 18.4 Å². The SMILES string of the molecule is COc1ccc(C2CCC(CN(C(=O)C3CCC(O)CC3)c3cc(-c4cnc(C5CC5)s4)ccn3)CC2)cc1C. The van der Waals surface area contributed by atoms with Crippen LogP contribution in [0.5, 0.6) is 5.75 Å². The fraction of sp³-hybridized carbons (Fsp3) is 0.545. The third-order valence-electron chi connectivity index (χ3n) is 9.25. The summed E-state index contributed by atoms with van der Waals surface area (Å²) in [5.41, 5.74) is 3.67. The Morgan fingerprint density at radius 1 is 0.975 bits per heavy atom. The molecule has 7 heteroatoms. The largest absolute Gasteiger partial charge is 0.496 e. The van der Waals surface area contributed by atoms with Gasteiger partial charge in [-0.15, -0.1) is 11.3 Å². The number of aliphatic hydroxyl groups is 1. The van der Waals surface area contributed by atoms with Crippen molar-refractivity contribution in [2.45, 2.75) is 89.1 Å². The topological polar surface area (TPSA) is 75.5 Å². The number of carbonyl (C=O) groups excluding carboxylic acids is 1. The summed E-state index contributed by atoms with van der Waals surface area (Å²) in [4.78, 5) is 26.5. The highest BCUT2D eigenvalue weighted by Gasteiger charge is 2.33. The number of hydrogen-bond donors (Lipinski definition) is 1. The van der Waals surface area contributed by atoms with E-state index in [1.807, 2.05) is 23.4 Å². The van der Waals surface area contributed by atoms with E-state index in [0.717, 1.165) is 60.5 Å².